The maximum atomic E-state index is 12.6. The molecule has 0 aliphatic rings. The lowest BCUT2D eigenvalue weighted by molar-refractivity contribution is -0.198. The Balaban J connectivity index is 3.03. The molecular weight excluding hydrogens is 285 g/mol. The van der Waals surface area contributed by atoms with Crippen LogP contribution in [0.1, 0.15) is 31.9 Å². The molecule has 0 heterocycles. The molecule has 0 fully saturated rings. The van der Waals surface area contributed by atoms with E-state index in [4.69, 9.17) is 9.84 Å². The molecule has 0 spiro atoms. The van der Waals surface area contributed by atoms with Crippen LogP contribution in [-0.4, -0.2) is 23.9 Å². The van der Waals surface area contributed by atoms with Gasteiger partial charge in [0.15, 0.2) is 5.92 Å². The van der Waals surface area contributed by atoms with Crippen LogP contribution in [-0.2, 0) is 10.2 Å². The number of carboxylic acid groups (broad SMARTS) is 1. The van der Waals surface area contributed by atoms with E-state index in [1.807, 2.05) is 26.8 Å². The predicted octanol–water partition coefficient (Wildman–Crippen LogP) is 3.93. The minimum atomic E-state index is -4.84. The first-order chi connectivity index (χ1) is 9.43. The van der Waals surface area contributed by atoms with Crippen molar-refractivity contribution in [2.45, 2.75) is 39.3 Å². The van der Waals surface area contributed by atoms with E-state index in [1.165, 1.54) is 0 Å². The van der Waals surface area contributed by atoms with Crippen molar-refractivity contribution in [2.75, 3.05) is 6.61 Å². The maximum absolute atomic E-state index is 12.6. The predicted molar refractivity (Wildman–Crippen MR) is 72.6 cm³/mol. The zero-order valence-corrected chi connectivity index (χ0v) is 12.4. The fourth-order valence-corrected chi connectivity index (χ4v) is 1.85. The van der Waals surface area contributed by atoms with E-state index in [2.05, 4.69) is 0 Å². The summed E-state index contributed by atoms with van der Waals surface area (Å²) < 4.78 is 43.1. The van der Waals surface area contributed by atoms with E-state index in [1.54, 1.807) is 19.1 Å². The van der Waals surface area contributed by atoms with Gasteiger partial charge in [-0.1, -0.05) is 32.9 Å². The van der Waals surface area contributed by atoms with Gasteiger partial charge in [-0.3, -0.25) is 4.79 Å². The third-order valence-corrected chi connectivity index (χ3v) is 3.04. The van der Waals surface area contributed by atoms with Crippen molar-refractivity contribution < 1.29 is 27.8 Å². The number of carbonyl (C=O) groups is 1. The van der Waals surface area contributed by atoms with E-state index in [9.17, 15) is 18.0 Å². The lowest BCUT2D eigenvalue weighted by atomic mass is 9.86. The second kappa shape index (κ2) is 5.95. The van der Waals surface area contributed by atoms with Crippen molar-refractivity contribution in [3.05, 3.63) is 29.3 Å². The molecule has 1 rings (SSSR count). The zero-order chi connectivity index (χ0) is 16.4. The van der Waals surface area contributed by atoms with Gasteiger partial charge in [-0.2, -0.15) is 13.2 Å². The Labute approximate surface area is 121 Å². The standard InChI is InChI=1S/C15H19F3O3/c1-9-5-6-10(14(2,3)4)12(7-9)21-8-11(13(19)20)15(16,17)18/h5-7,11H,8H2,1-4H3,(H,19,20). The van der Waals surface area contributed by atoms with Crippen LogP contribution in [0.5, 0.6) is 5.75 Å². The van der Waals surface area contributed by atoms with Crippen molar-refractivity contribution in [1.82, 2.24) is 0 Å². The van der Waals surface area contributed by atoms with Crippen molar-refractivity contribution >= 4 is 5.97 Å². The number of ether oxygens (including phenoxy) is 1. The number of aryl methyl sites for hydroxylation is 1. The Morgan fingerprint density at radius 3 is 2.29 bits per heavy atom. The number of rotatable bonds is 4. The van der Waals surface area contributed by atoms with E-state index >= 15 is 0 Å². The number of benzene rings is 1. The average Bonchev–Trinajstić information content (AvgIpc) is 2.24. The van der Waals surface area contributed by atoms with Crippen molar-refractivity contribution in [3.8, 4) is 5.75 Å². The molecule has 0 aliphatic heterocycles. The van der Waals surface area contributed by atoms with Crippen molar-refractivity contribution in [1.29, 1.82) is 0 Å². The van der Waals surface area contributed by atoms with Gasteiger partial charge >= 0.3 is 12.1 Å². The summed E-state index contributed by atoms with van der Waals surface area (Å²) in [7, 11) is 0. The summed E-state index contributed by atoms with van der Waals surface area (Å²) >= 11 is 0. The molecule has 1 N–H and O–H groups in total. The summed E-state index contributed by atoms with van der Waals surface area (Å²) in [4.78, 5) is 10.7. The largest absolute Gasteiger partial charge is 0.492 e. The van der Waals surface area contributed by atoms with Crippen LogP contribution in [0.2, 0.25) is 0 Å². The van der Waals surface area contributed by atoms with Gasteiger partial charge < -0.3 is 9.84 Å². The molecule has 1 aromatic carbocycles. The lowest BCUT2D eigenvalue weighted by Crippen LogP contribution is -2.35. The SMILES string of the molecule is Cc1ccc(C(C)(C)C)c(OCC(C(=O)O)C(F)(F)F)c1. The highest BCUT2D eigenvalue weighted by atomic mass is 19.4. The second-order valence-corrected chi connectivity index (χ2v) is 5.99. The highest BCUT2D eigenvalue weighted by Crippen LogP contribution is 2.33. The molecule has 0 bridgehead atoms. The molecule has 1 atom stereocenters. The van der Waals surface area contributed by atoms with Gasteiger partial charge in [0.2, 0.25) is 0 Å². The molecule has 118 valence electrons. The average molecular weight is 304 g/mol. The van der Waals surface area contributed by atoms with E-state index in [0.717, 1.165) is 11.1 Å². The summed E-state index contributed by atoms with van der Waals surface area (Å²) in [6.07, 6.45) is -4.84. The Hall–Kier alpha value is -1.72. The maximum Gasteiger partial charge on any atom is 0.405 e. The first-order valence-corrected chi connectivity index (χ1v) is 6.46. The first kappa shape index (κ1) is 17.3. The molecule has 0 amide bonds. The smallest absolute Gasteiger partial charge is 0.405 e. The highest BCUT2D eigenvalue weighted by molar-refractivity contribution is 5.71. The van der Waals surface area contributed by atoms with Crippen LogP contribution >= 0.6 is 0 Å². The van der Waals surface area contributed by atoms with E-state index < -0.39 is 24.7 Å². The topological polar surface area (TPSA) is 46.5 Å². The number of hydrogen-bond donors (Lipinski definition) is 1. The van der Waals surface area contributed by atoms with Crippen LogP contribution in [0, 0.1) is 12.8 Å². The third-order valence-electron chi connectivity index (χ3n) is 3.04. The van der Waals surface area contributed by atoms with Gasteiger partial charge in [-0.05, 0) is 29.5 Å². The molecular formula is C15H19F3O3. The minimum absolute atomic E-state index is 0.290. The van der Waals surface area contributed by atoms with Gasteiger partial charge in [0.05, 0.1) is 0 Å². The van der Waals surface area contributed by atoms with Crippen LogP contribution in [0.25, 0.3) is 0 Å². The van der Waals surface area contributed by atoms with E-state index in [0.29, 0.717) is 0 Å². The van der Waals surface area contributed by atoms with Crippen molar-refractivity contribution in [2.24, 2.45) is 5.92 Å². The summed E-state index contributed by atoms with van der Waals surface area (Å²) in [5.41, 5.74) is 1.25. The van der Waals surface area contributed by atoms with Crippen LogP contribution in [0.4, 0.5) is 13.2 Å². The van der Waals surface area contributed by atoms with Gasteiger partial charge in [-0.25, -0.2) is 0 Å². The summed E-state index contributed by atoms with van der Waals surface area (Å²) in [6, 6.07) is 5.25. The lowest BCUT2D eigenvalue weighted by Gasteiger charge is -2.24. The van der Waals surface area contributed by atoms with Crippen LogP contribution in [0.3, 0.4) is 0 Å². The normalized spacial score (nSPS) is 13.9. The number of carboxylic acids is 1. The molecule has 6 heteroatoms. The van der Waals surface area contributed by atoms with Gasteiger partial charge in [-0.15, -0.1) is 0 Å². The number of aliphatic carboxylic acids is 1. The highest BCUT2D eigenvalue weighted by Gasteiger charge is 2.46. The Morgan fingerprint density at radius 2 is 1.86 bits per heavy atom. The monoisotopic (exact) mass is 304 g/mol. The first-order valence-electron chi connectivity index (χ1n) is 6.46. The van der Waals surface area contributed by atoms with Gasteiger partial charge in [0, 0.05) is 0 Å². The Morgan fingerprint density at radius 1 is 1.29 bits per heavy atom. The molecule has 3 nitrogen and oxygen atoms in total. The summed E-state index contributed by atoms with van der Waals surface area (Å²) in [5, 5.41) is 8.67. The van der Waals surface area contributed by atoms with Crippen molar-refractivity contribution in [3.63, 3.8) is 0 Å². The number of hydrogen-bond acceptors (Lipinski definition) is 2. The molecule has 0 radical (unpaired) electrons. The van der Waals surface area contributed by atoms with E-state index in [-0.39, 0.29) is 11.2 Å². The molecule has 0 saturated heterocycles. The van der Waals surface area contributed by atoms with Gasteiger partial charge in [0.25, 0.3) is 0 Å². The quantitative estimate of drug-likeness (QED) is 0.916. The fourth-order valence-electron chi connectivity index (χ4n) is 1.85. The van der Waals surface area contributed by atoms with Gasteiger partial charge in [0.1, 0.15) is 12.4 Å². The zero-order valence-electron chi connectivity index (χ0n) is 12.4. The molecule has 21 heavy (non-hydrogen) atoms. The third kappa shape index (κ3) is 4.65. The fraction of sp³-hybridized carbons (Fsp3) is 0.533. The molecule has 1 unspecified atom stereocenters. The summed E-state index contributed by atoms with van der Waals surface area (Å²) in [6.45, 7) is 6.57. The molecule has 0 aromatic heterocycles. The molecule has 0 saturated carbocycles. The van der Waals surface area contributed by atoms with Crippen LogP contribution < -0.4 is 4.74 Å². The Bertz CT molecular complexity index is 516. The number of halogens is 3. The number of alkyl halides is 3. The minimum Gasteiger partial charge on any atom is -0.492 e. The molecule has 0 aliphatic carbocycles. The summed E-state index contributed by atoms with van der Waals surface area (Å²) in [5.74, 6) is -4.18. The Kier molecular flexibility index (Phi) is 4.91. The molecule has 1 aromatic rings. The van der Waals surface area contributed by atoms with Crippen LogP contribution in [0.15, 0.2) is 18.2 Å². The second-order valence-electron chi connectivity index (χ2n) is 5.99.